The van der Waals surface area contributed by atoms with E-state index in [1.165, 1.54) is 4.90 Å². The van der Waals surface area contributed by atoms with Gasteiger partial charge in [0.15, 0.2) is 0 Å². The van der Waals surface area contributed by atoms with E-state index in [0.29, 0.717) is 12.1 Å². The molecule has 1 atom stereocenters. The van der Waals surface area contributed by atoms with E-state index in [0.717, 1.165) is 21.7 Å². The average molecular weight is 474 g/mol. The molecule has 0 saturated heterocycles. The van der Waals surface area contributed by atoms with Crippen molar-refractivity contribution < 1.29 is 18.0 Å². The van der Waals surface area contributed by atoms with E-state index in [4.69, 9.17) is 0 Å². The highest BCUT2D eigenvalue weighted by molar-refractivity contribution is 7.92. The van der Waals surface area contributed by atoms with Crippen molar-refractivity contribution in [1.29, 1.82) is 0 Å². The molecule has 0 aliphatic rings. The van der Waals surface area contributed by atoms with Crippen LogP contribution >= 0.6 is 0 Å². The molecule has 2 amide bonds. The van der Waals surface area contributed by atoms with Gasteiger partial charge in [0.05, 0.1) is 11.9 Å². The third-order valence-electron chi connectivity index (χ3n) is 5.12. The number of aryl methyl sites for hydroxylation is 1. The molecule has 2 aromatic rings. The van der Waals surface area contributed by atoms with Gasteiger partial charge in [-0.05, 0) is 64.3 Å². The number of benzene rings is 2. The lowest BCUT2D eigenvalue weighted by Gasteiger charge is -2.33. The van der Waals surface area contributed by atoms with E-state index in [1.807, 2.05) is 64.1 Å². The molecule has 1 N–H and O–H groups in total. The molecule has 0 heterocycles. The summed E-state index contributed by atoms with van der Waals surface area (Å²) >= 11 is 0. The Morgan fingerprint density at radius 2 is 1.67 bits per heavy atom. The number of hydrogen-bond donors (Lipinski definition) is 1. The molecule has 7 nitrogen and oxygen atoms in total. The van der Waals surface area contributed by atoms with E-state index in [9.17, 15) is 18.0 Å². The van der Waals surface area contributed by atoms with Crippen LogP contribution in [0.15, 0.2) is 54.6 Å². The van der Waals surface area contributed by atoms with Gasteiger partial charge in [-0.3, -0.25) is 13.9 Å². The molecule has 0 aliphatic carbocycles. The lowest BCUT2D eigenvalue weighted by atomic mass is 10.1. The Morgan fingerprint density at radius 1 is 1.03 bits per heavy atom. The van der Waals surface area contributed by atoms with Gasteiger partial charge in [-0.2, -0.15) is 0 Å². The van der Waals surface area contributed by atoms with Crippen LogP contribution in [0.5, 0.6) is 0 Å². The van der Waals surface area contributed by atoms with Crippen LogP contribution in [0.25, 0.3) is 0 Å². The first-order chi connectivity index (χ1) is 15.3. The van der Waals surface area contributed by atoms with Crippen LogP contribution in [-0.2, 0) is 26.0 Å². The number of rotatable bonds is 9. The summed E-state index contributed by atoms with van der Waals surface area (Å²) in [6.45, 7) is 9.04. The average Bonchev–Trinajstić information content (AvgIpc) is 2.70. The molecule has 0 bridgehead atoms. The summed E-state index contributed by atoms with van der Waals surface area (Å²) in [5, 5.41) is 2.91. The maximum Gasteiger partial charge on any atom is 0.244 e. The van der Waals surface area contributed by atoms with Gasteiger partial charge in [-0.1, -0.05) is 42.5 Å². The number of carbonyl (C=O) groups excluding carboxylic acids is 2. The second-order valence-corrected chi connectivity index (χ2v) is 11.3. The van der Waals surface area contributed by atoms with Gasteiger partial charge in [-0.15, -0.1) is 0 Å². The molecule has 0 spiro atoms. The Hall–Kier alpha value is -2.87. The van der Waals surface area contributed by atoms with Crippen LogP contribution in [0.3, 0.4) is 0 Å². The predicted octanol–water partition coefficient (Wildman–Crippen LogP) is 3.14. The second-order valence-electron chi connectivity index (χ2n) is 9.35. The Bertz CT molecular complexity index is 1060. The number of nitrogens with one attached hydrogen (secondary N) is 1. The summed E-state index contributed by atoms with van der Waals surface area (Å²) in [5.74, 6) is -0.722. The zero-order valence-electron chi connectivity index (χ0n) is 20.3. The summed E-state index contributed by atoms with van der Waals surface area (Å²) in [6.07, 6.45) is 1.62. The Kier molecular flexibility index (Phi) is 8.66. The molecule has 0 saturated carbocycles. The molecule has 2 aromatic carbocycles. The van der Waals surface area contributed by atoms with Crippen molar-refractivity contribution >= 4 is 27.5 Å². The van der Waals surface area contributed by atoms with Gasteiger partial charge in [0.1, 0.15) is 12.6 Å². The van der Waals surface area contributed by atoms with Gasteiger partial charge in [0, 0.05) is 12.1 Å². The highest BCUT2D eigenvalue weighted by Crippen LogP contribution is 2.20. The van der Waals surface area contributed by atoms with Crippen LogP contribution in [0.1, 0.15) is 38.8 Å². The van der Waals surface area contributed by atoms with Crippen molar-refractivity contribution in [2.75, 3.05) is 23.7 Å². The van der Waals surface area contributed by atoms with Crippen molar-refractivity contribution in [3.05, 3.63) is 65.7 Å². The SMILES string of the molecule is Cc1cccc(N(CC(=O)N(CCc2ccccc2)[C@H](C)C(=O)NC(C)(C)C)S(C)(=O)=O)c1. The quantitative estimate of drug-likeness (QED) is 0.606. The molecule has 8 heteroatoms. The standard InChI is InChI=1S/C25H35N3O4S/c1-19-11-10-14-22(17-19)28(33(6,31)32)18-23(29)27(16-15-21-12-8-7-9-13-21)20(2)24(30)26-25(3,4)5/h7-14,17,20H,15-16,18H2,1-6H3,(H,26,30)/t20-/m1/s1. The van der Waals surface area contributed by atoms with E-state index < -0.39 is 27.5 Å². The number of nitrogens with zero attached hydrogens (tertiary/aromatic N) is 2. The van der Waals surface area contributed by atoms with Crippen LogP contribution in [0.2, 0.25) is 0 Å². The number of amides is 2. The van der Waals surface area contributed by atoms with Crippen LogP contribution in [0.4, 0.5) is 5.69 Å². The summed E-state index contributed by atoms with van der Waals surface area (Å²) in [6, 6.07) is 15.9. The number of anilines is 1. The molecule has 33 heavy (non-hydrogen) atoms. The number of carbonyl (C=O) groups is 2. The summed E-state index contributed by atoms with van der Waals surface area (Å²) in [4.78, 5) is 27.8. The minimum absolute atomic E-state index is 0.285. The molecule has 0 aliphatic heterocycles. The molecule has 0 radical (unpaired) electrons. The Labute approximate surface area is 197 Å². The Morgan fingerprint density at radius 3 is 2.21 bits per heavy atom. The zero-order chi connectivity index (χ0) is 24.8. The number of hydrogen-bond acceptors (Lipinski definition) is 4. The lowest BCUT2D eigenvalue weighted by molar-refractivity contribution is -0.139. The molecule has 0 fully saturated rings. The minimum atomic E-state index is -3.72. The van der Waals surface area contributed by atoms with Crippen LogP contribution in [-0.4, -0.2) is 56.1 Å². The van der Waals surface area contributed by atoms with E-state index in [2.05, 4.69) is 5.32 Å². The van der Waals surface area contributed by atoms with Crippen molar-refractivity contribution in [3.8, 4) is 0 Å². The van der Waals surface area contributed by atoms with Gasteiger partial charge in [-0.25, -0.2) is 8.42 Å². The van der Waals surface area contributed by atoms with Crippen LogP contribution in [0, 0.1) is 6.92 Å². The summed E-state index contributed by atoms with van der Waals surface area (Å²) < 4.78 is 26.2. The smallest absolute Gasteiger partial charge is 0.244 e. The highest BCUT2D eigenvalue weighted by atomic mass is 32.2. The third-order valence-corrected chi connectivity index (χ3v) is 6.26. The third kappa shape index (κ3) is 8.20. The predicted molar refractivity (Wildman–Crippen MR) is 133 cm³/mol. The molecule has 2 rings (SSSR count). The molecule has 0 aromatic heterocycles. The second kappa shape index (κ2) is 10.8. The molecule has 180 valence electrons. The monoisotopic (exact) mass is 473 g/mol. The van der Waals surface area contributed by atoms with Crippen molar-refractivity contribution in [2.24, 2.45) is 0 Å². The molecular weight excluding hydrogens is 438 g/mol. The van der Waals surface area contributed by atoms with Gasteiger partial charge < -0.3 is 10.2 Å². The normalized spacial score (nSPS) is 12.7. The first kappa shape index (κ1) is 26.4. The molecule has 0 unspecified atom stereocenters. The zero-order valence-corrected chi connectivity index (χ0v) is 21.1. The van der Waals surface area contributed by atoms with Gasteiger partial charge >= 0.3 is 0 Å². The molecular formula is C25H35N3O4S. The van der Waals surface area contributed by atoms with E-state index >= 15 is 0 Å². The van der Waals surface area contributed by atoms with Gasteiger partial charge in [0.25, 0.3) is 0 Å². The fourth-order valence-corrected chi connectivity index (χ4v) is 4.28. The summed E-state index contributed by atoms with van der Waals surface area (Å²) in [5.41, 5.74) is 1.87. The van der Waals surface area contributed by atoms with Crippen molar-refractivity contribution in [1.82, 2.24) is 10.2 Å². The minimum Gasteiger partial charge on any atom is -0.350 e. The largest absolute Gasteiger partial charge is 0.350 e. The highest BCUT2D eigenvalue weighted by Gasteiger charge is 2.31. The van der Waals surface area contributed by atoms with E-state index in [1.54, 1.807) is 25.1 Å². The van der Waals surface area contributed by atoms with E-state index in [-0.39, 0.29) is 19.0 Å². The van der Waals surface area contributed by atoms with Crippen LogP contribution < -0.4 is 9.62 Å². The Balaban J connectivity index is 2.32. The maximum atomic E-state index is 13.4. The summed E-state index contributed by atoms with van der Waals surface area (Å²) in [7, 11) is -3.72. The first-order valence-corrected chi connectivity index (χ1v) is 12.8. The first-order valence-electron chi connectivity index (χ1n) is 11.0. The lowest BCUT2D eigenvalue weighted by Crippen LogP contribution is -2.55. The topological polar surface area (TPSA) is 86.8 Å². The fraction of sp³-hybridized carbons (Fsp3) is 0.440. The number of sulfonamides is 1. The van der Waals surface area contributed by atoms with Crippen molar-refractivity contribution in [3.63, 3.8) is 0 Å². The fourth-order valence-electron chi connectivity index (χ4n) is 3.44. The van der Waals surface area contributed by atoms with Crippen molar-refractivity contribution in [2.45, 2.75) is 52.6 Å². The van der Waals surface area contributed by atoms with Gasteiger partial charge in [0.2, 0.25) is 21.8 Å². The maximum absolute atomic E-state index is 13.4.